The summed E-state index contributed by atoms with van der Waals surface area (Å²) in [6, 6.07) is 17.6. The van der Waals surface area contributed by atoms with Crippen LogP contribution in [0.2, 0.25) is 0 Å². The van der Waals surface area contributed by atoms with Crippen molar-refractivity contribution >= 4 is 9.84 Å². The summed E-state index contributed by atoms with van der Waals surface area (Å²) in [5, 5.41) is -0.277. The number of benzene rings is 2. The van der Waals surface area contributed by atoms with E-state index in [1.54, 1.807) is 12.1 Å². The van der Waals surface area contributed by atoms with Crippen molar-refractivity contribution in [2.45, 2.75) is 29.9 Å². The minimum atomic E-state index is -3.21. The second-order valence-electron chi connectivity index (χ2n) is 6.30. The van der Waals surface area contributed by atoms with E-state index in [1.807, 2.05) is 37.3 Å². The minimum absolute atomic E-state index is 0.277. The molecule has 0 N–H and O–H groups in total. The van der Waals surface area contributed by atoms with E-state index in [1.165, 1.54) is 5.56 Å². The average molecular weight is 329 g/mol. The van der Waals surface area contributed by atoms with E-state index in [0.717, 1.165) is 31.5 Å². The van der Waals surface area contributed by atoms with Gasteiger partial charge in [0.2, 0.25) is 0 Å². The Morgan fingerprint density at radius 1 is 1.04 bits per heavy atom. The molecule has 0 aliphatic carbocycles. The Morgan fingerprint density at radius 3 is 2.43 bits per heavy atom. The Kier molecular flexibility index (Phi) is 4.83. The summed E-state index contributed by atoms with van der Waals surface area (Å²) >= 11 is 0. The highest BCUT2D eigenvalue weighted by atomic mass is 32.2. The predicted octanol–water partition coefficient (Wildman–Crippen LogP) is 3.09. The normalized spacial score (nSPS) is 19.1. The molecule has 0 radical (unpaired) electrons. The van der Waals surface area contributed by atoms with Gasteiger partial charge in [0, 0.05) is 13.1 Å². The van der Waals surface area contributed by atoms with E-state index in [2.05, 4.69) is 17.0 Å². The van der Waals surface area contributed by atoms with E-state index in [9.17, 15) is 8.42 Å². The molecule has 23 heavy (non-hydrogen) atoms. The molecule has 0 amide bonds. The monoisotopic (exact) mass is 329 g/mol. The summed E-state index contributed by atoms with van der Waals surface area (Å²) < 4.78 is 25.5. The standard InChI is InChI=1S/C19H23NO2S/c1-16-7-9-18(10-8-16)23(21,22)19-12-14-20(15-19)13-11-17-5-3-2-4-6-17/h2-10,19H,11-15H2,1H3. The van der Waals surface area contributed by atoms with Gasteiger partial charge in [0.25, 0.3) is 0 Å². The zero-order valence-electron chi connectivity index (χ0n) is 13.5. The van der Waals surface area contributed by atoms with Crippen molar-refractivity contribution in [3.05, 3.63) is 65.7 Å². The molecule has 122 valence electrons. The quantitative estimate of drug-likeness (QED) is 0.846. The lowest BCUT2D eigenvalue weighted by atomic mass is 10.1. The molecular formula is C19H23NO2S. The number of hydrogen-bond acceptors (Lipinski definition) is 3. The molecule has 1 unspecified atom stereocenters. The van der Waals surface area contributed by atoms with Gasteiger partial charge in [-0.25, -0.2) is 8.42 Å². The van der Waals surface area contributed by atoms with Gasteiger partial charge in [-0.1, -0.05) is 48.0 Å². The van der Waals surface area contributed by atoms with E-state index in [-0.39, 0.29) is 5.25 Å². The number of hydrogen-bond donors (Lipinski definition) is 0. The first-order chi connectivity index (χ1) is 11.1. The van der Waals surface area contributed by atoms with Crippen molar-refractivity contribution in [2.24, 2.45) is 0 Å². The van der Waals surface area contributed by atoms with Crippen LogP contribution in [0.15, 0.2) is 59.5 Å². The third kappa shape index (κ3) is 3.82. The molecule has 1 aliphatic heterocycles. The Bertz CT molecular complexity index is 739. The number of aryl methyl sites for hydroxylation is 1. The molecule has 1 saturated heterocycles. The second-order valence-corrected chi connectivity index (χ2v) is 8.53. The lowest BCUT2D eigenvalue weighted by molar-refractivity contribution is 0.343. The van der Waals surface area contributed by atoms with Gasteiger partial charge in [0.05, 0.1) is 10.1 Å². The molecule has 1 heterocycles. The summed E-state index contributed by atoms with van der Waals surface area (Å²) in [6.07, 6.45) is 1.70. The maximum Gasteiger partial charge on any atom is 0.182 e. The van der Waals surface area contributed by atoms with Gasteiger partial charge in [0.15, 0.2) is 9.84 Å². The summed E-state index contributed by atoms with van der Waals surface area (Å²) in [5.74, 6) is 0. The molecule has 2 aromatic rings. The second kappa shape index (κ2) is 6.85. The van der Waals surface area contributed by atoms with Crippen molar-refractivity contribution in [1.82, 2.24) is 4.90 Å². The first-order valence-electron chi connectivity index (χ1n) is 8.12. The highest BCUT2D eigenvalue weighted by Crippen LogP contribution is 2.24. The molecule has 0 bridgehead atoms. The van der Waals surface area contributed by atoms with Gasteiger partial charge in [-0.3, -0.25) is 0 Å². The van der Waals surface area contributed by atoms with Crippen LogP contribution in [0.25, 0.3) is 0 Å². The Hall–Kier alpha value is -1.65. The van der Waals surface area contributed by atoms with Crippen LogP contribution in [0.1, 0.15) is 17.5 Å². The number of likely N-dealkylation sites (tertiary alicyclic amines) is 1. The molecule has 1 aliphatic rings. The zero-order valence-corrected chi connectivity index (χ0v) is 14.3. The third-order valence-electron chi connectivity index (χ3n) is 4.58. The molecule has 0 saturated carbocycles. The highest BCUT2D eigenvalue weighted by Gasteiger charge is 2.33. The molecule has 4 heteroatoms. The van der Waals surface area contributed by atoms with Gasteiger partial charge < -0.3 is 4.90 Å². The van der Waals surface area contributed by atoms with E-state index < -0.39 is 9.84 Å². The van der Waals surface area contributed by atoms with Crippen LogP contribution in [0, 0.1) is 6.92 Å². The maximum atomic E-state index is 12.7. The Morgan fingerprint density at radius 2 is 1.74 bits per heavy atom. The predicted molar refractivity (Wildman–Crippen MR) is 93.4 cm³/mol. The number of rotatable bonds is 5. The third-order valence-corrected chi connectivity index (χ3v) is 6.77. The fraction of sp³-hybridized carbons (Fsp3) is 0.368. The smallest absolute Gasteiger partial charge is 0.182 e. The van der Waals surface area contributed by atoms with Crippen LogP contribution in [0.3, 0.4) is 0 Å². The topological polar surface area (TPSA) is 37.4 Å². The molecule has 0 aromatic heterocycles. The van der Waals surface area contributed by atoms with Gasteiger partial charge in [0.1, 0.15) is 0 Å². The first kappa shape index (κ1) is 16.2. The molecule has 3 rings (SSSR count). The fourth-order valence-electron chi connectivity index (χ4n) is 3.11. The van der Waals surface area contributed by atoms with Crippen LogP contribution in [-0.4, -0.2) is 38.2 Å². The van der Waals surface area contributed by atoms with E-state index in [4.69, 9.17) is 0 Å². The van der Waals surface area contributed by atoms with E-state index in [0.29, 0.717) is 11.4 Å². The molecule has 3 nitrogen and oxygen atoms in total. The lowest BCUT2D eigenvalue weighted by Crippen LogP contribution is -2.28. The Balaban J connectivity index is 1.61. The summed E-state index contributed by atoms with van der Waals surface area (Å²) in [5.41, 5.74) is 2.39. The summed E-state index contributed by atoms with van der Waals surface area (Å²) in [7, 11) is -3.21. The van der Waals surface area contributed by atoms with Crippen molar-refractivity contribution in [1.29, 1.82) is 0 Å². The van der Waals surface area contributed by atoms with Crippen LogP contribution in [-0.2, 0) is 16.3 Å². The minimum Gasteiger partial charge on any atom is -0.302 e. The van der Waals surface area contributed by atoms with Crippen molar-refractivity contribution in [3.8, 4) is 0 Å². The summed E-state index contributed by atoms with van der Waals surface area (Å²) in [6.45, 7) is 4.40. The zero-order chi connectivity index (χ0) is 16.3. The molecular weight excluding hydrogens is 306 g/mol. The summed E-state index contributed by atoms with van der Waals surface area (Å²) in [4.78, 5) is 2.72. The van der Waals surface area contributed by atoms with Gasteiger partial charge in [-0.05, 0) is 44.0 Å². The first-order valence-corrected chi connectivity index (χ1v) is 9.67. The van der Waals surface area contributed by atoms with Crippen molar-refractivity contribution in [3.63, 3.8) is 0 Å². The lowest BCUT2D eigenvalue weighted by Gasteiger charge is -2.16. The number of sulfone groups is 1. The number of nitrogens with zero attached hydrogens (tertiary/aromatic N) is 1. The highest BCUT2D eigenvalue weighted by molar-refractivity contribution is 7.92. The van der Waals surface area contributed by atoms with Crippen LogP contribution in [0.4, 0.5) is 0 Å². The van der Waals surface area contributed by atoms with Gasteiger partial charge >= 0.3 is 0 Å². The van der Waals surface area contributed by atoms with E-state index >= 15 is 0 Å². The molecule has 1 atom stereocenters. The van der Waals surface area contributed by atoms with Crippen LogP contribution < -0.4 is 0 Å². The van der Waals surface area contributed by atoms with Gasteiger partial charge in [-0.2, -0.15) is 0 Å². The molecule has 1 fully saturated rings. The Labute approximate surface area is 138 Å². The van der Waals surface area contributed by atoms with Gasteiger partial charge in [-0.15, -0.1) is 0 Å². The largest absolute Gasteiger partial charge is 0.302 e. The van der Waals surface area contributed by atoms with Crippen molar-refractivity contribution in [2.75, 3.05) is 19.6 Å². The average Bonchev–Trinajstić information content (AvgIpc) is 3.04. The van der Waals surface area contributed by atoms with Crippen LogP contribution >= 0.6 is 0 Å². The molecule has 0 spiro atoms. The van der Waals surface area contributed by atoms with Crippen molar-refractivity contribution < 1.29 is 8.42 Å². The molecule has 2 aromatic carbocycles. The fourth-order valence-corrected chi connectivity index (χ4v) is 4.83. The maximum absolute atomic E-state index is 12.7. The SMILES string of the molecule is Cc1ccc(S(=O)(=O)C2CCN(CCc3ccccc3)C2)cc1. The van der Waals surface area contributed by atoms with Crippen LogP contribution in [0.5, 0.6) is 0 Å².